The normalized spacial score (nSPS) is 10.1. The lowest BCUT2D eigenvalue weighted by molar-refractivity contribution is 0.414. The second kappa shape index (κ2) is 6.51. The molecule has 1 heterocycles. The molecule has 0 fully saturated rings. The summed E-state index contributed by atoms with van der Waals surface area (Å²) >= 11 is 5.94. The van der Waals surface area contributed by atoms with Gasteiger partial charge in [0.2, 0.25) is 0 Å². The Morgan fingerprint density at radius 3 is 2.30 bits per heavy atom. The Labute approximate surface area is 139 Å². The van der Waals surface area contributed by atoms with E-state index < -0.39 is 0 Å². The molecule has 0 aliphatic rings. The molecule has 112 valence electrons. The van der Waals surface area contributed by atoms with Crippen molar-refractivity contribution in [3.63, 3.8) is 0 Å². The van der Waals surface area contributed by atoms with E-state index in [4.69, 9.17) is 26.6 Å². The van der Waals surface area contributed by atoms with Gasteiger partial charge in [-0.25, -0.2) is 4.98 Å². The number of halogens is 1. The molecule has 23 heavy (non-hydrogen) atoms. The van der Waals surface area contributed by atoms with E-state index in [2.05, 4.69) is 6.07 Å². The zero-order chi connectivity index (χ0) is 16.2. The Morgan fingerprint density at radius 2 is 1.65 bits per heavy atom. The smallest absolute Gasteiger partial charge is 0.123 e. The van der Waals surface area contributed by atoms with E-state index in [1.54, 1.807) is 13.2 Å². The molecule has 0 spiro atoms. The Kier molecular flexibility index (Phi) is 4.27. The van der Waals surface area contributed by atoms with Crippen LogP contribution in [0.1, 0.15) is 5.56 Å². The molecule has 0 aliphatic heterocycles. The quantitative estimate of drug-likeness (QED) is 0.686. The molecule has 3 nitrogen and oxygen atoms in total. The van der Waals surface area contributed by atoms with Gasteiger partial charge in [0.05, 0.1) is 30.1 Å². The molecular weight excluding hydrogens is 308 g/mol. The van der Waals surface area contributed by atoms with E-state index in [1.165, 1.54) is 0 Å². The Balaban J connectivity index is 2.12. The number of aromatic nitrogens is 1. The molecule has 0 saturated carbocycles. The number of hydrogen-bond donors (Lipinski definition) is 0. The largest absolute Gasteiger partial charge is 0.497 e. The van der Waals surface area contributed by atoms with Crippen LogP contribution in [0.2, 0.25) is 5.02 Å². The lowest BCUT2D eigenvalue weighted by Gasteiger charge is -2.09. The maximum Gasteiger partial charge on any atom is 0.123 e. The van der Waals surface area contributed by atoms with Crippen molar-refractivity contribution in [1.29, 1.82) is 5.26 Å². The third-order valence-electron chi connectivity index (χ3n) is 3.46. The van der Waals surface area contributed by atoms with Crippen LogP contribution < -0.4 is 4.74 Å². The van der Waals surface area contributed by atoms with Crippen molar-refractivity contribution in [3.8, 4) is 34.3 Å². The SMILES string of the molecule is COc1cc(-c2ccc(Cl)cc2)nc(-c2cccc(C#N)c2)c1. The number of hydrogen-bond acceptors (Lipinski definition) is 3. The number of pyridine rings is 1. The average Bonchev–Trinajstić information content (AvgIpc) is 2.62. The van der Waals surface area contributed by atoms with Gasteiger partial charge in [-0.05, 0) is 24.3 Å². The standard InChI is InChI=1S/C19H13ClN2O/c1-23-17-10-18(14-5-7-16(20)8-6-14)22-19(11-17)15-4-2-3-13(9-15)12-21/h2-11H,1H3. The first kappa shape index (κ1) is 15.1. The van der Waals surface area contributed by atoms with E-state index in [1.807, 2.05) is 54.6 Å². The lowest BCUT2D eigenvalue weighted by atomic mass is 10.1. The summed E-state index contributed by atoms with van der Waals surface area (Å²) in [5.74, 6) is 0.710. The summed E-state index contributed by atoms with van der Waals surface area (Å²) in [6, 6.07) is 20.7. The second-order valence-corrected chi connectivity index (χ2v) is 5.41. The van der Waals surface area contributed by atoms with Gasteiger partial charge in [-0.2, -0.15) is 5.26 Å². The van der Waals surface area contributed by atoms with Gasteiger partial charge in [0.15, 0.2) is 0 Å². The number of nitriles is 1. The zero-order valence-corrected chi connectivity index (χ0v) is 13.2. The van der Waals surface area contributed by atoms with Gasteiger partial charge in [-0.3, -0.25) is 0 Å². The molecule has 1 aromatic heterocycles. The fraction of sp³-hybridized carbons (Fsp3) is 0.0526. The van der Waals surface area contributed by atoms with Crippen molar-refractivity contribution in [1.82, 2.24) is 4.98 Å². The van der Waals surface area contributed by atoms with E-state index in [0.29, 0.717) is 16.3 Å². The van der Waals surface area contributed by atoms with E-state index >= 15 is 0 Å². The molecule has 0 bridgehead atoms. The van der Waals surface area contributed by atoms with E-state index in [-0.39, 0.29) is 0 Å². The summed E-state index contributed by atoms with van der Waals surface area (Å²) in [5.41, 5.74) is 3.97. The summed E-state index contributed by atoms with van der Waals surface area (Å²) in [7, 11) is 1.62. The van der Waals surface area contributed by atoms with Crippen molar-refractivity contribution in [3.05, 3.63) is 71.2 Å². The number of benzene rings is 2. The third kappa shape index (κ3) is 3.33. The molecule has 0 radical (unpaired) electrons. The minimum absolute atomic E-state index is 0.597. The number of methoxy groups -OCH3 is 1. The highest BCUT2D eigenvalue weighted by Gasteiger charge is 2.08. The van der Waals surface area contributed by atoms with Gasteiger partial charge in [0.25, 0.3) is 0 Å². The zero-order valence-electron chi connectivity index (χ0n) is 12.5. The van der Waals surface area contributed by atoms with Crippen LogP contribution in [0.25, 0.3) is 22.5 Å². The highest BCUT2D eigenvalue weighted by Crippen LogP contribution is 2.29. The van der Waals surface area contributed by atoms with Gasteiger partial charge in [-0.1, -0.05) is 35.9 Å². The third-order valence-corrected chi connectivity index (χ3v) is 3.71. The van der Waals surface area contributed by atoms with Crippen LogP contribution >= 0.6 is 11.6 Å². The summed E-state index contributed by atoms with van der Waals surface area (Å²) in [4.78, 5) is 4.69. The molecule has 4 heteroatoms. The molecular formula is C19H13ClN2O. The summed E-state index contributed by atoms with van der Waals surface area (Å²) < 4.78 is 5.39. The van der Waals surface area contributed by atoms with Gasteiger partial charge < -0.3 is 4.74 Å². The van der Waals surface area contributed by atoms with Crippen LogP contribution in [0.15, 0.2) is 60.7 Å². The first-order chi connectivity index (χ1) is 11.2. The molecule has 2 aromatic carbocycles. The lowest BCUT2D eigenvalue weighted by Crippen LogP contribution is -1.92. The van der Waals surface area contributed by atoms with Gasteiger partial charge >= 0.3 is 0 Å². The van der Waals surface area contributed by atoms with E-state index in [0.717, 1.165) is 22.5 Å². The first-order valence-corrected chi connectivity index (χ1v) is 7.40. The maximum absolute atomic E-state index is 9.06. The minimum atomic E-state index is 0.597. The summed E-state index contributed by atoms with van der Waals surface area (Å²) in [6.45, 7) is 0. The van der Waals surface area contributed by atoms with Crippen molar-refractivity contribution in [2.45, 2.75) is 0 Å². The molecule has 3 aromatic rings. The summed E-state index contributed by atoms with van der Waals surface area (Å²) in [6.07, 6.45) is 0. The maximum atomic E-state index is 9.06. The van der Waals surface area contributed by atoms with Gasteiger partial charge in [0.1, 0.15) is 5.75 Å². The fourth-order valence-corrected chi connectivity index (χ4v) is 2.41. The molecule has 3 rings (SSSR count). The molecule has 0 N–H and O–H groups in total. The number of ether oxygens (including phenoxy) is 1. The van der Waals surface area contributed by atoms with Crippen molar-refractivity contribution in [2.75, 3.05) is 7.11 Å². The Hall–Kier alpha value is -2.83. The first-order valence-electron chi connectivity index (χ1n) is 7.02. The van der Waals surface area contributed by atoms with Crippen molar-refractivity contribution in [2.24, 2.45) is 0 Å². The highest BCUT2D eigenvalue weighted by molar-refractivity contribution is 6.30. The predicted octanol–water partition coefficient (Wildman–Crippen LogP) is 4.95. The summed E-state index contributed by atoms with van der Waals surface area (Å²) in [5, 5.41) is 9.74. The molecule has 0 saturated heterocycles. The molecule has 0 unspecified atom stereocenters. The van der Waals surface area contributed by atoms with Crippen LogP contribution in [-0.2, 0) is 0 Å². The Bertz CT molecular complexity index is 883. The van der Waals surface area contributed by atoms with Crippen molar-refractivity contribution < 1.29 is 4.74 Å². The Morgan fingerprint density at radius 1 is 0.957 bits per heavy atom. The fourth-order valence-electron chi connectivity index (χ4n) is 2.29. The van der Waals surface area contributed by atoms with Crippen LogP contribution in [0.4, 0.5) is 0 Å². The molecule has 0 aliphatic carbocycles. The topological polar surface area (TPSA) is 45.9 Å². The van der Waals surface area contributed by atoms with Crippen LogP contribution in [0.3, 0.4) is 0 Å². The molecule has 0 atom stereocenters. The number of nitrogens with zero attached hydrogens (tertiary/aromatic N) is 2. The predicted molar refractivity (Wildman–Crippen MR) is 91.4 cm³/mol. The van der Waals surface area contributed by atoms with Gasteiger partial charge in [0, 0.05) is 28.3 Å². The van der Waals surface area contributed by atoms with Crippen molar-refractivity contribution >= 4 is 11.6 Å². The average molecular weight is 321 g/mol. The highest BCUT2D eigenvalue weighted by atomic mass is 35.5. The monoisotopic (exact) mass is 320 g/mol. The second-order valence-electron chi connectivity index (χ2n) is 4.98. The van der Waals surface area contributed by atoms with Crippen LogP contribution in [-0.4, -0.2) is 12.1 Å². The van der Waals surface area contributed by atoms with Crippen LogP contribution in [0, 0.1) is 11.3 Å². The minimum Gasteiger partial charge on any atom is -0.497 e. The van der Waals surface area contributed by atoms with E-state index in [9.17, 15) is 0 Å². The van der Waals surface area contributed by atoms with Crippen LogP contribution in [0.5, 0.6) is 5.75 Å². The van der Waals surface area contributed by atoms with Gasteiger partial charge in [-0.15, -0.1) is 0 Å². The molecule has 0 amide bonds. The number of rotatable bonds is 3.